The van der Waals surface area contributed by atoms with Gasteiger partial charge in [-0.3, -0.25) is 9.48 Å². The number of aliphatic hydroxyl groups is 1. The monoisotopic (exact) mass is 371 g/mol. The van der Waals surface area contributed by atoms with Crippen molar-refractivity contribution in [1.29, 1.82) is 0 Å². The molecule has 1 saturated carbocycles. The average molecular weight is 371 g/mol. The minimum atomic E-state index is -3.75. The molecule has 1 amide bonds. The Hall–Kier alpha value is -2.03. The summed E-state index contributed by atoms with van der Waals surface area (Å²) < 4.78 is 35.1. The van der Waals surface area contributed by atoms with Crippen molar-refractivity contribution in [3.8, 4) is 0 Å². The van der Waals surface area contributed by atoms with Crippen molar-refractivity contribution >= 4 is 11.9 Å². The Kier molecular flexibility index (Phi) is 5.01. The van der Waals surface area contributed by atoms with Gasteiger partial charge in [0.05, 0.1) is 24.4 Å². The van der Waals surface area contributed by atoms with E-state index >= 15 is 0 Å². The largest absolute Gasteiger partial charge is 0.462 e. The minimum absolute atomic E-state index is 0.0495. The Morgan fingerprint density at radius 2 is 2.04 bits per heavy atom. The number of piperidine rings is 1. The van der Waals surface area contributed by atoms with E-state index in [0.29, 0.717) is 24.8 Å². The van der Waals surface area contributed by atoms with Crippen molar-refractivity contribution in [1.82, 2.24) is 14.7 Å². The van der Waals surface area contributed by atoms with Gasteiger partial charge in [-0.15, -0.1) is 0 Å². The molecule has 2 heterocycles. The van der Waals surface area contributed by atoms with Crippen LogP contribution in [0.5, 0.6) is 0 Å². The van der Waals surface area contributed by atoms with Crippen molar-refractivity contribution in [3.63, 3.8) is 0 Å². The normalized spacial score (nSPS) is 20.5. The maximum Gasteiger partial charge on any atom is 0.352 e. The zero-order valence-corrected chi connectivity index (χ0v) is 14.7. The molecule has 0 spiro atoms. The van der Waals surface area contributed by atoms with Crippen LogP contribution in [0.15, 0.2) is 12.4 Å². The lowest BCUT2D eigenvalue weighted by Crippen LogP contribution is -2.62. The van der Waals surface area contributed by atoms with Crippen LogP contribution < -0.4 is 0 Å². The predicted octanol–water partition coefficient (Wildman–Crippen LogP) is 1.77. The Morgan fingerprint density at radius 3 is 2.58 bits per heavy atom. The number of halogens is 2. The summed E-state index contributed by atoms with van der Waals surface area (Å²) in [5.74, 6) is -5.51. The molecule has 26 heavy (non-hydrogen) atoms. The van der Waals surface area contributed by atoms with Crippen molar-refractivity contribution in [2.75, 3.05) is 19.7 Å². The highest BCUT2D eigenvalue weighted by atomic mass is 19.3. The molecule has 0 radical (unpaired) electrons. The van der Waals surface area contributed by atoms with Crippen LogP contribution in [0, 0.1) is 0 Å². The van der Waals surface area contributed by atoms with Gasteiger partial charge in [-0.1, -0.05) is 0 Å². The molecule has 0 aromatic carbocycles. The third-order valence-corrected chi connectivity index (χ3v) is 5.27. The number of alkyl halides is 2. The summed E-state index contributed by atoms with van der Waals surface area (Å²) in [6.45, 7) is 2.30. The van der Waals surface area contributed by atoms with E-state index in [4.69, 9.17) is 4.74 Å². The molecule has 1 saturated heterocycles. The van der Waals surface area contributed by atoms with E-state index in [1.807, 2.05) is 0 Å². The maximum absolute atomic E-state index is 14.3. The molecule has 7 nitrogen and oxygen atoms in total. The predicted molar refractivity (Wildman–Crippen MR) is 86.8 cm³/mol. The van der Waals surface area contributed by atoms with Gasteiger partial charge in [-0.05, 0) is 39.0 Å². The van der Waals surface area contributed by atoms with Crippen molar-refractivity contribution in [2.24, 2.45) is 0 Å². The smallest absolute Gasteiger partial charge is 0.352 e. The van der Waals surface area contributed by atoms with Crippen molar-refractivity contribution in [3.05, 3.63) is 18.0 Å². The van der Waals surface area contributed by atoms with Crippen molar-refractivity contribution < 1.29 is 28.2 Å². The van der Waals surface area contributed by atoms with Crippen LogP contribution in [0.3, 0.4) is 0 Å². The number of carbonyl (C=O) groups excluding carboxylic acids is 2. The lowest BCUT2D eigenvalue weighted by Gasteiger charge is -2.44. The molecule has 0 atom stereocenters. The molecular formula is C17H23F2N3O4. The second kappa shape index (κ2) is 6.94. The maximum atomic E-state index is 14.3. The van der Waals surface area contributed by atoms with Gasteiger partial charge in [-0.25, -0.2) is 4.79 Å². The van der Waals surface area contributed by atoms with Gasteiger partial charge in [0.25, 0.3) is 5.91 Å². The standard InChI is InChI=1S/C17H23F2N3O4/c1-2-26-14(23)12-10-20-22(11-12)13-4-8-21(9-5-13)15(24)17(18,19)16(25)6-3-7-16/h10-11,13,25H,2-9H2,1H3. The molecule has 2 fully saturated rings. The summed E-state index contributed by atoms with van der Waals surface area (Å²) in [6.07, 6.45) is 4.29. The van der Waals surface area contributed by atoms with Crippen LogP contribution in [0.2, 0.25) is 0 Å². The Bertz CT molecular complexity index is 679. The summed E-state index contributed by atoms with van der Waals surface area (Å²) in [7, 11) is 0. The van der Waals surface area contributed by atoms with Gasteiger partial charge in [-0.2, -0.15) is 13.9 Å². The molecule has 2 aliphatic rings. The molecule has 1 N–H and O–H groups in total. The van der Waals surface area contributed by atoms with Gasteiger partial charge >= 0.3 is 11.9 Å². The van der Waals surface area contributed by atoms with Gasteiger partial charge in [0.2, 0.25) is 0 Å². The number of nitrogens with zero attached hydrogens (tertiary/aromatic N) is 3. The highest BCUT2D eigenvalue weighted by Crippen LogP contribution is 2.45. The summed E-state index contributed by atoms with van der Waals surface area (Å²) >= 11 is 0. The van der Waals surface area contributed by atoms with Crippen LogP contribution in [0.4, 0.5) is 8.78 Å². The van der Waals surface area contributed by atoms with Gasteiger partial charge in [0.1, 0.15) is 5.60 Å². The molecule has 144 valence electrons. The number of hydrogen-bond acceptors (Lipinski definition) is 5. The van der Waals surface area contributed by atoms with Gasteiger partial charge in [0.15, 0.2) is 0 Å². The molecule has 1 aromatic rings. The van der Waals surface area contributed by atoms with E-state index in [9.17, 15) is 23.5 Å². The third kappa shape index (κ3) is 3.20. The topological polar surface area (TPSA) is 84.7 Å². The van der Waals surface area contributed by atoms with Gasteiger partial charge < -0.3 is 14.7 Å². The molecular weight excluding hydrogens is 348 g/mol. The van der Waals surface area contributed by atoms with E-state index in [1.54, 1.807) is 17.8 Å². The van der Waals surface area contributed by atoms with E-state index < -0.39 is 23.4 Å². The molecule has 1 aromatic heterocycles. The Balaban J connectivity index is 1.59. The van der Waals surface area contributed by atoms with Crippen LogP contribution in [-0.4, -0.2) is 62.9 Å². The fourth-order valence-electron chi connectivity index (χ4n) is 3.41. The molecule has 3 rings (SSSR count). The lowest BCUT2D eigenvalue weighted by atomic mass is 9.75. The first-order valence-electron chi connectivity index (χ1n) is 8.89. The fraction of sp³-hybridized carbons (Fsp3) is 0.706. The SMILES string of the molecule is CCOC(=O)c1cnn(C2CCN(C(=O)C(F)(F)C3(O)CCC3)CC2)c1. The van der Waals surface area contributed by atoms with Crippen LogP contribution in [-0.2, 0) is 9.53 Å². The highest BCUT2D eigenvalue weighted by molar-refractivity contribution is 5.88. The minimum Gasteiger partial charge on any atom is -0.462 e. The van der Waals surface area contributed by atoms with Crippen LogP contribution >= 0.6 is 0 Å². The van der Waals surface area contributed by atoms with Crippen molar-refractivity contribution in [2.45, 2.75) is 56.6 Å². The van der Waals surface area contributed by atoms with Crippen LogP contribution in [0.25, 0.3) is 0 Å². The highest BCUT2D eigenvalue weighted by Gasteiger charge is 2.62. The molecule has 0 bridgehead atoms. The zero-order valence-electron chi connectivity index (χ0n) is 14.7. The van der Waals surface area contributed by atoms with Crippen LogP contribution in [0.1, 0.15) is 55.4 Å². The van der Waals surface area contributed by atoms with E-state index in [1.165, 1.54) is 6.20 Å². The number of carbonyl (C=O) groups is 2. The first-order chi connectivity index (χ1) is 12.3. The number of aromatic nitrogens is 2. The zero-order chi connectivity index (χ0) is 18.9. The quantitative estimate of drug-likeness (QED) is 0.798. The summed E-state index contributed by atoms with van der Waals surface area (Å²) in [5.41, 5.74) is -1.86. The lowest BCUT2D eigenvalue weighted by molar-refractivity contribution is -0.224. The number of hydrogen-bond donors (Lipinski definition) is 1. The molecule has 0 unspecified atom stereocenters. The second-order valence-corrected chi connectivity index (χ2v) is 6.91. The third-order valence-electron chi connectivity index (χ3n) is 5.27. The Morgan fingerprint density at radius 1 is 1.38 bits per heavy atom. The molecule has 1 aliphatic heterocycles. The summed E-state index contributed by atoms with van der Waals surface area (Å²) in [5, 5.41) is 14.1. The fourth-order valence-corrected chi connectivity index (χ4v) is 3.41. The number of esters is 1. The first kappa shape index (κ1) is 18.8. The summed E-state index contributed by atoms with van der Waals surface area (Å²) in [4.78, 5) is 25.0. The first-order valence-corrected chi connectivity index (χ1v) is 8.89. The van der Waals surface area contributed by atoms with E-state index in [0.717, 1.165) is 4.90 Å². The van der Waals surface area contributed by atoms with E-state index in [-0.39, 0.29) is 38.6 Å². The molecule has 9 heteroatoms. The number of likely N-dealkylation sites (tertiary alicyclic amines) is 1. The van der Waals surface area contributed by atoms with Gasteiger partial charge in [0, 0.05) is 19.3 Å². The number of amides is 1. The van der Waals surface area contributed by atoms with E-state index in [2.05, 4.69) is 5.10 Å². The number of ether oxygens (including phenoxy) is 1. The average Bonchev–Trinajstić information content (AvgIpc) is 3.09. The Labute approximate surface area is 149 Å². The number of rotatable bonds is 5. The summed E-state index contributed by atoms with van der Waals surface area (Å²) in [6, 6.07) is -0.0809. The molecule has 1 aliphatic carbocycles. The second-order valence-electron chi connectivity index (χ2n) is 6.91.